The van der Waals surface area contributed by atoms with Crippen molar-refractivity contribution in [1.82, 2.24) is 10.2 Å². The van der Waals surface area contributed by atoms with Crippen molar-refractivity contribution in [2.75, 3.05) is 20.2 Å². The zero-order chi connectivity index (χ0) is 24.1. The number of likely N-dealkylation sites (tertiary alicyclic amines) is 1. The van der Waals surface area contributed by atoms with Gasteiger partial charge in [0, 0.05) is 25.7 Å². The summed E-state index contributed by atoms with van der Waals surface area (Å²) in [7, 11) is 1.64. The Bertz CT molecular complexity index is 1120. The summed E-state index contributed by atoms with van der Waals surface area (Å²) in [5.41, 5.74) is 2.85. The Kier molecular flexibility index (Phi) is 7.23. The maximum Gasteiger partial charge on any atom is 0.230 e. The van der Waals surface area contributed by atoms with Crippen LogP contribution in [0.5, 0.6) is 17.2 Å². The molecule has 1 atom stereocenters. The maximum absolute atomic E-state index is 13.1. The number of amides is 1. The van der Waals surface area contributed by atoms with E-state index in [2.05, 4.69) is 53.5 Å². The zero-order valence-corrected chi connectivity index (χ0v) is 20.5. The fraction of sp³-hybridized carbons (Fsp3) is 0.345. The van der Waals surface area contributed by atoms with Crippen molar-refractivity contribution in [1.29, 1.82) is 0 Å². The molecule has 5 nitrogen and oxygen atoms in total. The van der Waals surface area contributed by atoms with Crippen molar-refractivity contribution < 1.29 is 14.3 Å². The van der Waals surface area contributed by atoms with E-state index in [1.807, 2.05) is 50.2 Å². The first kappa shape index (κ1) is 23.8. The highest BCUT2D eigenvalue weighted by Crippen LogP contribution is 2.31. The summed E-state index contributed by atoms with van der Waals surface area (Å²) in [6.45, 7) is 8.65. The molecule has 1 heterocycles. The number of benzene rings is 3. The Labute approximate surface area is 202 Å². The Morgan fingerprint density at radius 2 is 1.76 bits per heavy atom. The van der Waals surface area contributed by atoms with E-state index < -0.39 is 5.41 Å². The highest BCUT2D eigenvalue weighted by molar-refractivity contribution is 5.87. The second kappa shape index (κ2) is 10.3. The van der Waals surface area contributed by atoms with E-state index in [9.17, 15) is 4.79 Å². The lowest BCUT2D eigenvalue weighted by molar-refractivity contribution is -0.126. The van der Waals surface area contributed by atoms with E-state index >= 15 is 0 Å². The average molecular weight is 459 g/mol. The number of carbonyl (C=O) groups is 1. The summed E-state index contributed by atoms with van der Waals surface area (Å²) in [5, 5.41) is 3.29. The Balaban J connectivity index is 1.34. The molecular weight excluding hydrogens is 424 g/mol. The third-order valence-electron chi connectivity index (χ3n) is 6.55. The molecule has 1 aliphatic rings. The first-order chi connectivity index (χ1) is 16.3. The van der Waals surface area contributed by atoms with Crippen molar-refractivity contribution in [2.24, 2.45) is 0 Å². The SMILES string of the molecule is COc1ccccc1Oc1cccc(CN2CC[C@H](NC(=O)C(C)(C)c3ccc(C)cc3)C2)c1. The van der Waals surface area contributed by atoms with Crippen LogP contribution in [-0.4, -0.2) is 37.0 Å². The van der Waals surface area contributed by atoms with Gasteiger partial charge in [-0.1, -0.05) is 54.1 Å². The van der Waals surface area contributed by atoms with Crippen LogP contribution >= 0.6 is 0 Å². The number of nitrogens with one attached hydrogen (secondary N) is 1. The molecule has 178 valence electrons. The number of hydrogen-bond donors (Lipinski definition) is 1. The molecule has 0 aliphatic carbocycles. The predicted octanol–water partition coefficient (Wildman–Crippen LogP) is 5.46. The van der Waals surface area contributed by atoms with Crippen LogP contribution in [0.4, 0.5) is 0 Å². The molecular formula is C29H34N2O3. The smallest absolute Gasteiger partial charge is 0.230 e. The van der Waals surface area contributed by atoms with Gasteiger partial charge in [-0.2, -0.15) is 0 Å². The minimum absolute atomic E-state index is 0.0791. The van der Waals surface area contributed by atoms with Crippen molar-refractivity contribution in [2.45, 2.75) is 45.2 Å². The van der Waals surface area contributed by atoms with Crippen LogP contribution in [0.25, 0.3) is 0 Å². The lowest BCUT2D eigenvalue weighted by Crippen LogP contribution is -2.46. The van der Waals surface area contributed by atoms with Gasteiger partial charge in [0.15, 0.2) is 11.5 Å². The van der Waals surface area contributed by atoms with E-state index in [1.165, 1.54) is 11.1 Å². The maximum atomic E-state index is 13.1. The Morgan fingerprint density at radius 3 is 2.50 bits per heavy atom. The molecule has 1 fully saturated rings. The molecule has 0 unspecified atom stereocenters. The summed E-state index contributed by atoms with van der Waals surface area (Å²) < 4.78 is 11.5. The lowest BCUT2D eigenvalue weighted by atomic mass is 9.83. The van der Waals surface area contributed by atoms with Crippen LogP contribution in [0.3, 0.4) is 0 Å². The summed E-state index contributed by atoms with van der Waals surface area (Å²) in [6.07, 6.45) is 0.952. The van der Waals surface area contributed by atoms with E-state index in [-0.39, 0.29) is 11.9 Å². The minimum atomic E-state index is -0.564. The average Bonchev–Trinajstić information content (AvgIpc) is 3.26. The monoisotopic (exact) mass is 458 g/mol. The van der Waals surface area contributed by atoms with E-state index in [4.69, 9.17) is 9.47 Å². The van der Waals surface area contributed by atoms with Gasteiger partial charge in [-0.25, -0.2) is 0 Å². The number of carbonyl (C=O) groups excluding carboxylic acids is 1. The number of hydrogen-bond acceptors (Lipinski definition) is 4. The van der Waals surface area contributed by atoms with Gasteiger partial charge in [0.25, 0.3) is 0 Å². The fourth-order valence-corrected chi connectivity index (χ4v) is 4.36. The Morgan fingerprint density at radius 1 is 1.03 bits per heavy atom. The van der Waals surface area contributed by atoms with Gasteiger partial charge in [-0.3, -0.25) is 9.69 Å². The topological polar surface area (TPSA) is 50.8 Å². The number of rotatable bonds is 8. The molecule has 3 aromatic carbocycles. The summed E-state index contributed by atoms with van der Waals surface area (Å²) in [4.78, 5) is 15.5. The fourth-order valence-electron chi connectivity index (χ4n) is 4.36. The van der Waals surface area contributed by atoms with Gasteiger partial charge < -0.3 is 14.8 Å². The highest BCUT2D eigenvalue weighted by atomic mass is 16.5. The predicted molar refractivity (Wildman–Crippen MR) is 136 cm³/mol. The molecule has 1 amide bonds. The van der Waals surface area contributed by atoms with Crippen LogP contribution in [0, 0.1) is 6.92 Å². The van der Waals surface area contributed by atoms with Gasteiger partial charge in [-0.15, -0.1) is 0 Å². The first-order valence-corrected chi connectivity index (χ1v) is 11.9. The van der Waals surface area contributed by atoms with Crippen LogP contribution in [0.1, 0.15) is 37.0 Å². The van der Waals surface area contributed by atoms with Crippen molar-refractivity contribution in [3.05, 3.63) is 89.5 Å². The summed E-state index contributed by atoms with van der Waals surface area (Å²) >= 11 is 0. The molecule has 3 aromatic rings. The van der Waals surface area contributed by atoms with Crippen molar-refractivity contribution in [3.63, 3.8) is 0 Å². The number of nitrogens with zero attached hydrogens (tertiary/aromatic N) is 1. The summed E-state index contributed by atoms with van der Waals surface area (Å²) in [6, 6.07) is 24.2. The molecule has 1 saturated heterocycles. The third kappa shape index (κ3) is 5.60. The number of para-hydroxylation sites is 2. The quantitative estimate of drug-likeness (QED) is 0.487. The van der Waals surface area contributed by atoms with Crippen LogP contribution in [0.15, 0.2) is 72.8 Å². The number of ether oxygens (including phenoxy) is 2. The van der Waals surface area contributed by atoms with E-state index in [0.29, 0.717) is 11.5 Å². The van der Waals surface area contributed by atoms with E-state index in [1.54, 1.807) is 7.11 Å². The molecule has 0 spiro atoms. The second-order valence-corrected chi connectivity index (χ2v) is 9.59. The number of methoxy groups -OCH3 is 1. The zero-order valence-electron chi connectivity index (χ0n) is 20.5. The van der Waals surface area contributed by atoms with Gasteiger partial charge in [0.1, 0.15) is 5.75 Å². The van der Waals surface area contributed by atoms with Crippen LogP contribution in [0.2, 0.25) is 0 Å². The van der Waals surface area contributed by atoms with Crippen LogP contribution < -0.4 is 14.8 Å². The molecule has 34 heavy (non-hydrogen) atoms. The van der Waals surface area contributed by atoms with E-state index in [0.717, 1.165) is 37.4 Å². The van der Waals surface area contributed by atoms with Crippen LogP contribution in [-0.2, 0) is 16.8 Å². The summed E-state index contributed by atoms with van der Waals surface area (Å²) in [5.74, 6) is 2.27. The van der Waals surface area contributed by atoms with Gasteiger partial charge in [-0.05, 0) is 62.6 Å². The molecule has 0 bridgehead atoms. The largest absolute Gasteiger partial charge is 0.493 e. The van der Waals surface area contributed by atoms with Crippen molar-refractivity contribution in [3.8, 4) is 17.2 Å². The minimum Gasteiger partial charge on any atom is -0.493 e. The molecule has 1 aliphatic heterocycles. The Hall–Kier alpha value is -3.31. The molecule has 1 N–H and O–H groups in total. The van der Waals surface area contributed by atoms with Gasteiger partial charge >= 0.3 is 0 Å². The molecule has 4 rings (SSSR count). The molecule has 0 radical (unpaired) electrons. The third-order valence-corrected chi connectivity index (χ3v) is 6.55. The standard InChI is InChI=1S/C29H34N2O3/c1-21-12-14-23(15-13-21)29(2,3)28(32)30-24-16-17-31(20-24)19-22-8-7-9-25(18-22)34-27-11-6-5-10-26(27)33-4/h5-15,18,24H,16-17,19-20H2,1-4H3,(H,30,32)/t24-/m0/s1. The number of aryl methyl sites for hydroxylation is 1. The van der Waals surface area contributed by atoms with Gasteiger partial charge in [0.2, 0.25) is 5.91 Å². The molecule has 5 heteroatoms. The highest BCUT2D eigenvalue weighted by Gasteiger charge is 2.33. The molecule has 0 saturated carbocycles. The normalized spacial score (nSPS) is 16.3. The van der Waals surface area contributed by atoms with Gasteiger partial charge in [0.05, 0.1) is 12.5 Å². The second-order valence-electron chi connectivity index (χ2n) is 9.59. The molecule has 0 aromatic heterocycles. The first-order valence-electron chi connectivity index (χ1n) is 11.9. The lowest BCUT2D eigenvalue weighted by Gasteiger charge is -2.26. The van der Waals surface area contributed by atoms with Crippen molar-refractivity contribution >= 4 is 5.91 Å².